The van der Waals surface area contributed by atoms with Gasteiger partial charge < -0.3 is 5.11 Å². The van der Waals surface area contributed by atoms with Crippen LogP contribution in [0.25, 0.3) is 0 Å². The van der Waals surface area contributed by atoms with Crippen LogP contribution in [0, 0.1) is 8.80 Å². The van der Waals surface area contributed by atoms with Crippen LogP contribution in [0.15, 0.2) is 11.4 Å². The van der Waals surface area contributed by atoms with E-state index in [1.165, 1.54) is 2.88 Å². The monoisotopic (exact) mass is 296 g/mol. The van der Waals surface area contributed by atoms with Crippen LogP contribution < -0.4 is 0 Å². The van der Waals surface area contributed by atoms with Gasteiger partial charge >= 0.3 is 0 Å². The van der Waals surface area contributed by atoms with E-state index in [-0.39, 0.29) is 6.10 Å². The SMILES string of the molecule is CC(C)CC(O)c1csc(I)c1. The molecule has 0 radical (unpaired) electrons. The summed E-state index contributed by atoms with van der Waals surface area (Å²) in [4.78, 5) is 0. The summed E-state index contributed by atoms with van der Waals surface area (Å²) in [5, 5.41) is 11.7. The highest BCUT2D eigenvalue weighted by atomic mass is 127. The molecule has 1 aromatic rings. The number of halogens is 1. The minimum Gasteiger partial charge on any atom is -0.388 e. The van der Waals surface area contributed by atoms with Crippen molar-refractivity contribution in [3.63, 3.8) is 0 Å². The Balaban J connectivity index is 2.58. The first kappa shape index (κ1) is 10.5. The van der Waals surface area contributed by atoms with Crippen LogP contribution in [-0.4, -0.2) is 5.11 Å². The molecule has 0 fully saturated rings. The van der Waals surface area contributed by atoms with Crippen molar-refractivity contribution in [2.45, 2.75) is 26.4 Å². The van der Waals surface area contributed by atoms with Crippen molar-refractivity contribution in [3.05, 3.63) is 19.9 Å². The maximum absolute atomic E-state index is 9.71. The van der Waals surface area contributed by atoms with E-state index in [9.17, 15) is 5.11 Å². The van der Waals surface area contributed by atoms with E-state index in [1.54, 1.807) is 11.3 Å². The molecule has 1 heterocycles. The highest BCUT2D eigenvalue weighted by Crippen LogP contribution is 2.26. The average molecular weight is 296 g/mol. The summed E-state index contributed by atoms with van der Waals surface area (Å²) in [7, 11) is 0. The lowest BCUT2D eigenvalue weighted by molar-refractivity contribution is 0.151. The van der Waals surface area contributed by atoms with Gasteiger partial charge in [-0.1, -0.05) is 13.8 Å². The van der Waals surface area contributed by atoms with E-state index in [2.05, 4.69) is 42.5 Å². The van der Waals surface area contributed by atoms with Crippen LogP contribution in [0.3, 0.4) is 0 Å². The van der Waals surface area contributed by atoms with Gasteiger partial charge in [0.05, 0.1) is 8.99 Å². The first-order valence-electron chi connectivity index (χ1n) is 4.01. The smallest absolute Gasteiger partial charge is 0.0800 e. The summed E-state index contributed by atoms with van der Waals surface area (Å²) in [6.45, 7) is 4.25. The lowest BCUT2D eigenvalue weighted by Gasteiger charge is -2.10. The second-order valence-electron chi connectivity index (χ2n) is 3.33. The van der Waals surface area contributed by atoms with Crippen LogP contribution in [-0.2, 0) is 0 Å². The molecule has 1 atom stereocenters. The molecule has 0 bridgehead atoms. The molecule has 0 saturated heterocycles. The quantitative estimate of drug-likeness (QED) is 0.847. The van der Waals surface area contributed by atoms with E-state index < -0.39 is 0 Å². The van der Waals surface area contributed by atoms with Gasteiger partial charge in [0.1, 0.15) is 0 Å². The van der Waals surface area contributed by atoms with Crippen LogP contribution in [0.1, 0.15) is 31.9 Å². The van der Waals surface area contributed by atoms with E-state index in [0.717, 1.165) is 12.0 Å². The molecule has 0 saturated carbocycles. The van der Waals surface area contributed by atoms with Gasteiger partial charge in [0, 0.05) is 0 Å². The fourth-order valence-corrected chi connectivity index (χ4v) is 2.50. The van der Waals surface area contributed by atoms with Gasteiger partial charge in [-0.05, 0) is 51.9 Å². The second kappa shape index (κ2) is 4.58. The Kier molecular flexibility index (Phi) is 3.99. The lowest BCUT2D eigenvalue weighted by atomic mass is 10.0. The second-order valence-corrected chi connectivity index (χ2v) is 6.13. The van der Waals surface area contributed by atoms with Gasteiger partial charge in [-0.2, -0.15) is 0 Å². The summed E-state index contributed by atoms with van der Waals surface area (Å²) in [5.74, 6) is 0.553. The predicted octanol–water partition coefficient (Wildman–Crippen LogP) is 3.43. The molecular weight excluding hydrogens is 283 g/mol. The van der Waals surface area contributed by atoms with Gasteiger partial charge in [-0.15, -0.1) is 11.3 Å². The molecule has 1 aromatic heterocycles. The number of thiophene rings is 1. The Labute approximate surface area is 91.0 Å². The molecule has 0 aliphatic carbocycles. The molecule has 68 valence electrons. The first-order valence-corrected chi connectivity index (χ1v) is 5.97. The van der Waals surface area contributed by atoms with Crippen molar-refractivity contribution < 1.29 is 5.11 Å². The van der Waals surface area contributed by atoms with Crippen molar-refractivity contribution in [1.29, 1.82) is 0 Å². The molecular formula is C9H13IOS. The zero-order valence-corrected chi connectivity index (χ0v) is 10.2. The number of rotatable bonds is 3. The summed E-state index contributed by atoms with van der Waals surface area (Å²) in [6, 6.07) is 2.05. The predicted molar refractivity (Wildman–Crippen MR) is 61.5 cm³/mol. The van der Waals surface area contributed by atoms with Crippen molar-refractivity contribution in [2.24, 2.45) is 5.92 Å². The number of hydrogen-bond acceptors (Lipinski definition) is 2. The van der Waals surface area contributed by atoms with Gasteiger partial charge in [0.25, 0.3) is 0 Å². The maximum atomic E-state index is 9.71. The number of aliphatic hydroxyl groups is 1. The molecule has 0 amide bonds. The fraction of sp³-hybridized carbons (Fsp3) is 0.556. The zero-order valence-electron chi connectivity index (χ0n) is 7.25. The van der Waals surface area contributed by atoms with Crippen LogP contribution in [0.4, 0.5) is 0 Å². The molecule has 12 heavy (non-hydrogen) atoms. The van der Waals surface area contributed by atoms with Gasteiger partial charge in [-0.25, -0.2) is 0 Å². The van der Waals surface area contributed by atoms with Crippen molar-refractivity contribution in [2.75, 3.05) is 0 Å². The molecule has 1 nitrogen and oxygen atoms in total. The highest BCUT2D eigenvalue weighted by molar-refractivity contribution is 14.1. The molecule has 0 aliphatic heterocycles. The topological polar surface area (TPSA) is 20.2 Å². The maximum Gasteiger partial charge on any atom is 0.0800 e. The molecule has 3 heteroatoms. The normalized spacial score (nSPS) is 13.8. The third-order valence-electron chi connectivity index (χ3n) is 1.67. The minimum absolute atomic E-state index is 0.273. The third-order valence-corrected chi connectivity index (χ3v) is 3.47. The van der Waals surface area contributed by atoms with Crippen LogP contribution in [0.5, 0.6) is 0 Å². The first-order chi connectivity index (χ1) is 5.59. The molecule has 1 N–H and O–H groups in total. The van der Waals surface area contributed by atoms with Gasteiger partial charge in [0.15, 0.2) is 0 Å². The Morgan fingerprint density at radius 1 is 1.58 bits per heavy atom. The molecule has 0 spiro atoms. The number of aliphatic hydroxyl groups excluding tert-OH is 1. The molecule has 1 rings (SSSR count). The van der Waals surface area contributed by atoms with E-state index >= 15 is 0 Å². The summed E-state index contributed by atoms with van der Waals surface area (Å²) in [5.41, 5.74) is 1.07. The number of hydrogen-bond donors (Lipinski definition) is 1. The van der Waals surface area contributed by atoms with Crippen molar-refractivity contribution >= 4 is 33.9 Å². The van der Waals surface area contributed by atoms with E-state index in [1.807, 2.05) is 5.38 Å². The lowest BCUT2D eigenvalue weighted by Crippen LogP contribution is -2.00. The Bertz CT molecular complexity index is 244. The average Bonchev–Trinajstić information content (AvgIpc) is 2.34. The highest BCUT2D eigenvalue weighted by Gasteiger charge is 2.10. The molecule has 0 aromatic carbocycles. The van der Waals surface area contributed by atoms with Crippen molar-refractivity contribution in [1.82, 2.24) is 0 Å². The van der Waals surface area contributed by atoms with Crippen molar-refractivity contribution in [3.8, 4) is 0 Å². The van der Waals surface area contributed by atoms with Gasteiger partial charge in [0.2, 0.25) is 0 Å². The molecule has 0 aliphatic rings. The Morgan fingerprint density at radius 3 is 2.67 bits per heavy atom. The summed E-state index contributed by atoms with van der Waals surface area (Å²) >= 11 is 3.96. The Hall–Kier alpha value is 0.390. The van der Waals surface area contributed by atoms with Gasteiger partial charge in [-0.3, -0.25) is 0 Å². The Morgan fingerprint density at radius 2 is 2.25 bits per heavy atom. The molecule has 1 unspecified atom stereocenters. The minimum atomic E-state index is -0.273. The van der Waals surface area contributed by atoms with Crippen LogP contribution >= 0.6 is 33.9 Å². The van der Waals surface area contributed by atoms with E-state index in [4.69, 9.17) is 0 Å². The fourth-order valence-electron chi connectivity index (χ4n) is 1.08. The van der Waals surface area contributed by atoms with E-state index in [0.29, 0.717) is 5.92 Å². The third kappa shape index (κ3) is 3.03. The summed E-state index contributed by atoms with van der Waals surface area (Å²) < 4.78 is 1.24. The zero-order chi connectivity index (χ0) is 9.14. The standard InChI is InChI=1S/C9H13IOS/c1-6(2)3-8(11)7-4-9(10)12-5-7/h4-6,8,11H,3H2,1-2H3. The largest absolute Gasteiger partial charge is 0.388 e. The van der Waals surface area contributed by atoms with Crippen LogP contribution in [0.2, 0.25) is 0 Å². The summed E-state index contributed by atoms with van der Waals surface area (Å²) in [6.07, 6.45) is 0.581.